The zero-order valence-electron chi connectivity index (χ0n) is 14.7. The van der Waals surface area contributed by atoms with Gasteiger partial charge in [0.15, 0.2) is 5.78 Å². The van der Waals surface area contributed by atoms with E-state index < -0.39 is 5.63 Å². The number of ether oxygens (including phenoxy) is 2. The zero-order valence-corrected chi connectivity index (χ0v) is 14.7. The van der Waals surface area contributed by atoms with Gasteiger partial charge in [-0.2, -0.15) is 0 Å². The molecular formula is C21H18O5. The largest absolute Gasteiger partial charge is 0.496 e. The Morgan fingerprint density at radius 2 is 1.77 bits per heavy atom. The van der Waals surface area contributed by atoms with Crippen LogP contribution in [0.1, 0.15) is 22.8 Å². The topological polar surface area (TPSA) is 65.7 Å². The van der Waals surface area contributed by atoms with Crippen molar-refractivity contribution in [2.45, 2.75) is 6.92 Å². The number of hydrogen-bond donors (Lipinski definition) is 0. The van der Waals surface area contributed by atoms with E-state index in [1.54, 1.807) is 25.1 Å². The van der Waals surface area contributed by atoms with E-state index in [9.17, 15) is 9.59 Å². The first-order chi connectivity index (χ1) is 12.5. The maximum Gasteiger partial charge on any atom is 0.347 e. The number of ketones is 1. The van der Waals surface area contributed by atoms with Crippen molar-refractivity contribution in [3.05, 3.63) is 75.7 Å². The molecule has 0 saturated carbocycles. The second kappa shape index (κ2) is 7.27. The predicted octanol–water partition coefficient (Wildman–Crippen LogP) is 4.10. The Hall–Kier alpha value is -3.34. The highest BCUT2D eigenvalue weighted by Crippen LogP contribution is 2.31. The molecule has 0 saturated heterocycles. The lowest BCUT2D eigenvalue weighted by Crippen LogP contribution is -2.14. The molecule has 5 nitrogen and oxygen atoms in total. The molecule has 1 aromatic heterocycles. The van der Waals surface area contributed by atoms with Crippen molar-refractivity contribution >= 4 is 22.8 Å². The smallest absolute Gasteiger partial charge is 0.347 e. The van der Waals surface area contributed by atoms with Crippen LogP contribution in [0.3, 0.4) is 0 Å². The van der Waals surface area contributed by atoms with Gasteiger partial charge in [-0.1, -0.05) is 30.3 Å². The Morgan fingerprint density at radius 1 is 1.04 bits per heavy atom. The summed E-state index contributed by atoms with van der Waals surface area (Å²) >= 11 is 0. The van der Waals surface area contributed by atoms with Crippen LogP contribution in [0.25, 0.3) is 17.0 Å². The summed E-state index contributed by atoms with van der Waals surface area (Å²) in [6.07, 6.45) is 1.73. The Labute approximate surface area is 150 Å². The molecule has 2 aromatic carbocycles. The lowest BCUT2D eigenvalue weighted by molar-refractivity contribution is 0.103. The molecule has 0 spiro atoms. The van der Waals surface area contributed by atoms with E-state index in [0.29, 0.717) is 28.0 Å². The molecule has 3 aromatic rings. The molecule has 1 heterocycles. The first-order valence-corrected chi connectivity index (χ1v) is 8.01. The molecule has 5 heteroatoms. The number of methoxy groups -OCH3 is 2. The summed E-state index contributed by atoms with van der Waals surface area (Å²) in [7, 11) is 3.01. The predicted molar refractivity (Wildman–Crippen MR) is 100 cm³/mol. The maximum absolute atomic E-state index is 12.7. The molecule has 0 aliphatic carbocycles. The van der Waals surface area contributed by atoms with E-state index in [2.05, 4.69) is 0 Å². The van der Waals surface area contributed by atoms with E-state index in [0.717, 1.165) is 5.56 Å². The van der Waals surface area contributed by atoms with Gasteiger partial charge < -0.3 is 13.9 Å². The number of fused-ring (bicyclic) bond motifs is 1. The molecule has 26 heavy (non-hydrogen) atoms. The van der Waals surface area contributed by atoms with Gasteiger partial charge in [-0.05, 0) is 30.2 Å². The summed E-state index contributed by atoms with van der Waals surface area (Å²) in [5.74, 6) is 0.570. The number of carbonyl (C=O) groups excluding carboxylic acids is 1. The molecule has 0 N–H and O–H groups in total. The van der Waals surface area contributed by atoms with Crippen LogP contribution in [0, 0.1) is 0 Å². The van der Waals surface area contributed by atoms with Crippen LogP contribution in [-0.4, -0.2) is 20.0 Å². The Morgan fingerprint density at radius 3 is 2.42 bits per heavy atom. The minimum absolute atomic E-state index is 0.0364. The second-order valence-electron chi connectivity index (χ2n) is 5.76. The van der Waals surface area contributed by atoms with Crippen molar-refractivity contribution in [1.82, 2.24) is 0 Å². The Bertz CT molecular complexity index is 1050. The number of hydrogen-bond acceptors (Lipinski definition) is 5. The SMILES string of the molecule is COc1cc(OC)c2cc(C(=O)/C(C)=C/c3ccccc3)c(=O)oc2c1. The lowest BCUT2D eigenvalue weighted by Gasteiger charge is -2.09. The minimum atomic E-state index is -0.696. The Kier molecular flexibility index (Phi) is 4.89. The molecule has 0 aliphatic heterocycles. The van der Waals surface area contributed by atoms with Gasteiger partial charge in [-0.25, -0.2) is 4.79 Å². The van der Waals surface area contributed by atoms with Crippen molar-refractivity contribution in [2.75, 3.05) is 14.2 Å². The second-order valence-corrected chi connectivity index (χ2v) is 5.76. The highest BCUT2D eigenvalue weighted by molar-refractivity contribution is 6.11. The standard InChI is InChI=1S/C21H18O5/c1-13(9-14-7-5-4-6-8-14)20(22)17-12-16-18(25-3)10-15(24-2)11-19(16)26-21(17)23/h4-12H,1-3H3/b13-9+. The van der Waals surface area contributed by atoms with Gasteiger partial charge in [-0.15, -0.1) is 0 Å². The van der Waals surface area contributed by atoms with Crippen molar-refractivity contribution < 1.29 is 18.7 Å². The quantitative estimate of drug-likeness (QED) is 0.394. The number of rotatable bonds is 5. The molecule has 0 unspecified atom stereocenters. The number of carbonyl (C=O) groups is 1. The van der Waals surface area contributed by atoms with Gasteiger partial charge in [-0.3, -0.25) is 4.79 Å². The molecule has 0 fully saturated rings. The van der Waals surface area contributed by atoms with E-state index in [1.807, 2.05) is 30.3 Å². The first kappa shape index (κ1) is 17.5. The summed E-state index contributed by atoms with van der Waals surface area (Å²) in [5.41, 5.74) is 0.887. The molecule has 0 bridgehead atoms. The third kappa shape index (κ3) is 3.37. The van der Waals surface area contributed by atoms with Crippen LogP contribution in [0.4, 0.5) is 0 Å². The molecular weight excluding hydrogens is 332 g/mol. The lowest BCUT2D eigenvalue weighted by atomic mass is 10.0. The van der Waals surface area contributed by atoms with Crippen LogP contribution >= 0.6 is 0 Å². The molecule has 132 valence electrons. The third-order valence-corrected chi connectivity index (χ3v) is 4.03. The minimum Gasteiger partial charge on any atom is -0.496 e. The van der Waals surface area contributed by atoms with E-state index >= 15 is 0 Å². The summed E-state index contributed by atoms with van der Waals surface area (Å²) in [6.45, 7) is 1.67. The van der Waals surface area contributed by atoms with Gasteiger partial charge in [0.1, 0.15) is 22.6 Å². The van der Waals surface area contributed by atoms with Crippen LogP contribution in [-0.2, 0) is 0 Å². The molecule has 3 rings (SSSR count). The fourth-order valence-corrected chi connectivity index (χ4v) is 2.68. The summed E-state index contributed by atoms with van der Waals surface area (Å²) in [6, 6.07) is 14.2. The molecule has 0 amide bonds. The van der Waals surface area contributed by atoms with E-state index in [-0.39, 0.29) is 11.3 Å². The summed E-state index contributed by atoms with van der Waals surface area (Å²) in [5, 5.41) is 0.531. The van der Waals surface area contributed by atoms with Crippen molar-refractivity contribution in [1.29, 1.82) is 0 Å². The first-order valence-electron chi connectivity index (χ1n) is 8.01. The molecule has 0 radical (unpaired) electrons. The van der Waals surface area contributed by atoms with Crippen LogP contribution in [0.5, 0.6) is 11.5 Å². The van der Waals surface area contributed by atoms with Crippen molar-refractivity contribution in [3.8, 4) is 11.5 Å². The van der Waals surface area contributed by atoms with Crippen LogP contribution in [0.15, 0.2) is 63.3 Å². The zero-order chi connectivity index (χ0) is 18.7. The van der Waals surface area contributed by atoms with Gasteiger partial charge >= 0.3 is 5.63 Å². The molecule has 0 atom stereocenters. The van der Waals surface area contributed by atoms with Crippen molar-refractivity contribution in [2.24, 2.45) is 0 Å². The average molecular weight is 350 g/mol. The fraction of sp³-hybridized carbons (Fsp3) is 0.143. The van der Waals surface area contributed by atoms with Crippen LogP contribution in [0.2, 0.25) is 0 Å². The van der Waals surface area contributed by atoms with Crippen LogP contribution < -0.4 is 15.1 Å². The van der Waals surface area contributed by atoms with E-state index in [1.165, 1.54) is 20.3 Å². The summed E-state index contributed by atoms with van der Waals surface area (Å²) < 4.78 is 15.8. The highest BCUT2D eigenvalue weighted by atomic mass is 16.5. The number of benzene rings is 2. The highest BCUT2D eigenvalue weighted by Gasteiger charge is 2.18. The van der Waals surface area contributed by atoms with Gasteiger partial charge in [0, 0.05) is 12.1 Å². The Balaban J connectivity index is 2.10. The normalized spacial score (nSPS) is 11.4. The average Bonchev–Trinajstić information content (AvgIpc) is 2.66. The monoisotopic (exact) mass is 350 g/mol. The number of allylic oxidation sites excluding steroid dienone is 1. The number of Topliss-reactive ketones (excluding diaryl/α,β-unsaturated/α-hetero) is 1. The third-order valence-electron chi connectivity index (χ3n) is 4.03. The van der Waals surface area contributed by atoms with Gasteiger partial charge in [0.25, 0.3) is 0 Å². The summed E-state index contributed by atoms with van der Waals surface area (Å²) in [4.78, 5) is 25.1. The molecule has 0 aliphatic rings. The maximum atomic E-state index is 12.7. The van der Waals surface area contributed by atoms with Gasteiger partial charge in [0.2, 0.25) is 0 Å². The van der Waals surface area contributed by atoms with E-state index in [4.69, 9.17) is 13.9 Å². The van der Waals surface area contributed by atoms with Gasteiger partial charge in [0.05, 0.1) is 19.6 Å². The fourth-order valence-electron chi connectivity index (χ4n) is 2.68. The van der Waals surface area contributed by atoms with Crippen molar-refractivity contribution in [3.63, 3.8) is 0 Å².